The first kappa shape index (κ1) is 20.2. The van der Waals surface area contributed by atoms with Crippen LogP contribution in [0.25, 0.3) is 0 Å². The fourth-order valence-electron chi connectivity index (χ4n) is 2.58. The number of hydrazone groups is 1. The molecule has 2 amide bonds. The number of aromatic hydroxyl groups is 1. The zero-order valence-electron chi connectivity index (χ0n) is 15.9. The third-order valence-corrected chi connectivity index (χ3v) is 4.09. The first-order valence-corrected chi connectivity index (χ1v) is 8.91. The highest BCUT2D eigenvalue weighted by molar-refractivity contribution is 6.01. The summed E-state index contributed by atoms with van der Waals surface area (Å²) in [5, 5.41) is 16.3. The van der Waals surface area contributed by atoms with Crippen molar-refractivity contribution in [3.05, 3.63) is 59.2 Å². The SMILES string of the molecule is CC/C(=N\NC(=O)CCC(=O)Nc1ccc(C)cc1C)c1ccc(O)cc1. The van der Waals surface area contributed by atoms with Crippen LogP contribution in [-0.2, 0) is 9.59 Å². The van der Waals surface area contributed by atoms with Crippen molar-refractivity contribution in [2.24, 2.45) is 5.10 Å². The Morgan fingerprint density at radius 1 is 1.00 bits per heavy atom. The lowest BCUT2D eigenvalue weighted by Crippen LogP contribution is -2.22. The van der Waals surface area contributed by atoms with Crippen LogP contribution in [0.15, 0.2) is 47.6 Å². The molecule has 0 bridgehead atoms. The highest BCUT2D eigenvalue weighted by Gasteiger charge is 2.09. The third kappa shape index (κ3) is 6.26. The van der Waals surface area contributed by atoms with Crippen LogP contribution in [0.5, 0.6) is 5.75 Å². The first-order chi connectivity index (χ1) is 12.9. The van der Waals surface area contributed by atoms with Gasteiger partial charge in [0.2, 0.25) is 11.8 Å². The number of hydrogen-bond acceptors (Lipinski definition) is 4. The standard InChI is InChI=1S/C21H25N3O3/c1-4-18(16-6-8-17(25)9-7-16)23-24-21(27)12-11-20(26)22-19-10-5-14(2)13-15(19)3/h5-10,13,25H,4,11-12H2,1-3H3,(H,22,26)(H,24,27)/b23-18+. The van der Waals surface area contributed by atoms with Gasteiger partial charge in [0.05, 0.1) is 5.71 Å². The maximum absolute atomic E-state index is 12.1. The molecule has 0 aliphatic carbocycles. The van der Waals surface area contributed by atoms with Crippen LogP contribution in [-0.4, -0.2) is 22.6 Å². The maximum Gasteiger partial charge on any atom is 0.240 e. The molecule has 0 aliphatic heterocycles. The fraction of sp³-hybridized carbons (Fsp3) is 0.286. The number of nitrogens with one attached hydrogen (secondary N) is 2. The molecule has 2 aromatic carbocycles. The van der Waals surface area contributed by atoms with E-state index in [0.717, 1.165) is 22.4 Å². The zero-order valence-corrected chi connectivity index (χ0v) is 15.9. The first-order valence-electron chi connectivity index (χ1n) is 8.91. The van der Waals surface area contributed by atoms with Gasteiger partial charge in [-0.15, -0.1) is 0 Å². The van der Waals surface area contributed by atoms with Crippen molar-refractivity contribution >= 4 is 23.2 Å². The maximum atomic E-state index is 12.1. The quantitative estimate of drug-likeness (QED) is 0.515. The second-order valence-electron chi connectivity index (χ2n) is 6.36. The Kier molecular flexibility index (Phi) is 7.11. The van der Waals surface area contributed by atoms with E-state index in [1.165, 1.54) is 0 Å². The normalized spacial score (nSPS) is 11.1. The van der Waals surface area contributed by atoms with Crippen LogP contribution in [0.3, 0.4) is 0 Å². The molecule has 0 spiro atoms. The molecule has 0 saturated carbocycles. The number of carbonyl (C=O) groups excluding carboxylic acids is 2. The van der Waals surface area contributed by atoms with Gasteiger partial charge in [0, 0.05) is 18.5 Å². The number of nitrogens with zero attached hydrogens (tertiary/aromatic N) is 1. The summed E-state index contributed by atoms with van der Waals surface area (Å²) >= 11 is 0. The van der Waals surface area contributed by atoms with E-state index < -0.39 is 0 Å². The molecule has 0 heterocycles. The smallest absolute Gasteiger partial charge is 0.240 e. The summed E-state index contributed by atoms with van der Waals surface area (Å²) < 4.78 is 0. The summed E-state index contributed by atoms with van der Waals surface area (Å²) in [5.41, 5.74) is 6.88. The van der Waals surface area contributed by atoms with Crippen molar-refractivity contribution in [3.63, 3.8) is 0 Å². The topological polar surface area (TPSA) is 90.8 Å². The Hall–Kier alpha value is -3.15. The number of rotatable bonds is 7. The molecule has 0 saturated heterocycles. The Morgan fingerprint density at radius 2 is 1.67 bits per heavy atom. The minimum absolute atomic E-state index is 0.0484. The molecular formula is C21H25N3O3. The van der Waals surface area contributed by atoms with Gasteiger partial charge in [-0.1, -0.05) is 24.6 Å². The van der Waals surface area contributed by atoms with E-state index in [9.17, 15) is 14.7 Å². The van der Waals surface area contributed by atoms with Gasteiger partial charge < -0.3 is 10.4 Å². The number of phenols is 1. The Balaban J connectivity index is 1.85. The summed E-state index contributed by atoms with van der Waals surface area (Å²) in [6.45, 7) is 5.85. The molecule has 0 radical (unpaired) electrons. The van der Waals surface area contributed by atoms with Gasteiger partial charge >= 0.3 is 0 Å². The zero-order chi connectivity index (χ0) is 19.8. The van der Waals surface area contributed by atoms with Crippen LogP contribution in [0.2, 0.25) is 0 Å². The van der Waals surface area contributed by atoms with Crippen LogP contribution in [0.4, 0.5) is 5.69 Å². The molecule has 6 heteroatoms. The highest BCUT2D eigenvalue weighted by Crippen LogP contribution is 2.16. The van der Waals surface area contributed by atoms with Crippen molar-refractivity contribution in [1.29, 1.82) is 0 Å². The van der Waals surface area contributed by atoms with Gasteiger partial charge in [-0.05, 0) is 61.7 Å². The van der Waals surface area contributed by atoms with Crippen molar-refractivity contribution in [2.45, 2.75) is 40.0 Å². The Morgan fingerprint density at radius 3 is 2.30 bits per heavy atom. The predicted molar refractivity (Wildman–Crippen MR) is 107 cm³/mol. The minimum atomic E-state index is -0.324. The molecule has 0 aliphatic rings. The second kappa shape index (κ2) is 9.52. The average Bonchev–Trinajstić information content (AvgIpc) is 2.64. The lowest BCUT2D eigenvalue weighted by Gasteiger charge is -2.09. The van der Waals surface area contributed by atoms with Crippen molar-refractivity contribution < 1.29 is 14.7 Å². The summed E-state index contributed by atoms with van der Waals surface area (Å²) in [6, 6.07) is 12.4. The lowest BCUT2D eigenvalue weighted by molar-refractivity contribution is -0.124. The van der Waals surface area contributed by atoms with Crippen LogP contribution in [0.1, 0.15) is 42.9 Å². The molecule has 3 N–H and O–H groups in total. The van der Waals surface area contributed by atoms with Gasteiger partial charge in [-0.25, -0.2) is 5.43 Å². The number of amides is 2. The predicted octanol–water partition coefficient (Wildman–Crippen LogP) is 3.66. The molecule has 2 aromatic rings. The molecule has 27 heavy (non-hydrogen) atoms. The van der Waals surface area contributed by atoms with E-state index in [0.29, 0.717) is 12.1 Å². The molecular weight excluding hydrogens is 342 g/mol. The van der Waals surface area contributed by atoms with Gasteiger partial charge in [-0.2, -0.15) is 5.10 Å². The van der Waals surface area contributed by atoms with Crippen molar-refractivity contribution in [1.82, 2.24) is 5.43 Å². The number of benzene rings is 2. The molecule has 6 nitrogen and oxygen atoms in total. The lowest BCUT2D eigenvalue weighted by atomic mass is 10.1. The third-order valence-electron chi connectivity index (χ3n) is 4.09. The Labute approximate surface area is 159 Å². The summed E-state index contributed by atoms with van der Waals surface area (Å²) in [7, 11) is 0. The van der Waals surface area contributed by atoms with E-state index in [2.05, 4.69) is 15.8 Å². The average molecular weight is 367 g/mol. The van der Waals surface area contributed by atoms with Crippen LogP contribution in [0, 0.1) is 13.8 Å². The molecule has 0 unspecified atom stereocenters. The van der Waals surface area contributed by atoms with E-state index >= 15 is 0 Å². The largest absolute Gasteiger partial charge is 0.508 e. The monoisotopic (exact) mass is 367 g/mol. The van der Waals surface area contributed by atoms with E-state index in [1.54, 1.807) is 24.3 Å². The number of anilines is 1. The number of aryl methyl sites for hydroxylation is 2. The summed E-state index contributed by atoms with van der Waals surface area (Å²) in [6.07, 6.45) is 0.750. The molecule has 0 atom stereocenters. The minimum Gasteiger partial charge on any atom is -0.508 e. The van der Waals surface area contributed by atoms with Gasteiger partial charge in [0.25, 0.3) is 0 Å². The molecule has 2 rings (SSSR count). The van der Waals surface area contributed by atoms with E-state index in [1.807, 2.05) is 39.0 Å². The van der Waals surface area contributed by atoms with Gasteiger partial charge in [-0.3, -0.25) is 9.59 Å². The van der Waals surface area contributed by atoms with Crippen LogP contribution < -0.4 is 10.7 Å². The van der Waals surface area contributed by atoms with E-state index in [-0.39, 0.29) is 30.4 Å². The summed E-state index contributed by atoms with van der Waals surface area (Å²) in [5.74, 6) is -0.362. The fourth-order valence-corrected chi connectivity index (χ4v) is 2.58. The van der Waals surface area contributed by atoms with Crippen molar-refractivity contribution in [2.75, 3.05) is 5.32 Å². The van der Waals surface area contributed by atoms with Gasteiger partial charge in [0.1, 0.15) is 5.75 Å². The second-order valence-corrected chi connectivity index (χ2v) is 6.36. The van der Waals surface area contributed by atoms with Crippen molar-refractivity contribution in [3.8, 4) is 5.75 Å². The molecule has 0 aromatic heterocycles. The Bertz CT molecular complexity index is 842. The van der Waals surface area contributed by atoms with E-state index in [4.69, 9.17) is 0 Å². The number of carbonyl (C=O) groups is 2. The number of hydrogen-bond donors (Lipinski definition) is 3. The van der Waals surface area contributed by atoms with Gasteiger partial charge in [0.15, 0.2) is 0 Å². The van der Waals surface area contributed by atoms with Crippen LogP contribution >= 0.6 is 0 Å². The molecule has 142 valence electrons. The summed E-state index contributed by atoms with van der Waals surface area (Å²) in [4.78, 5) is 24.0. The number of phenolic OH excluding ortho intramolecular Hbond substituents is 1. The highest BCUT2D eigenvalue weighted by atomic mass is 16.3. The molecule has 0 fully saturated rings.